The number of carbonyl (C=O) groups excluding carboxylic acids is 1. The lowest BCUT2D eigenvalue weighted by Crippen LogP contribution is -2.14. The Labute approximate surface area is 104 Å². The summed E-state index contributed by atoms with van der Waals surface area (Å²) in [4.78, 5) is 40.6. The normalized spacial score (nSPS) is 9.68. The van der Waals surface area contributed by atoms with Crippen LogP contribution < -0.4 is 4.74 Å². The van der Waals surface area contributed by atoms with Crippen LogP contribution in [0.4, 0.5) is 11.4 Å². The molecule has 0 bridgehead atoms. The monoisotopic (exact) mass is 270 g/mol. The van der Waals surface area contributed by atoms with Crippen LogP contribution in [0.5, 0.6) is 5.75 Å². The predicted octanol–water partition coefficient (Wildman–Crippen LogP) is 0.883. The van der Waals surface area contributed by atoms with Gasteiger partial charge in [-0.15, -0.1) is 0 Å². The second-order valence-corrected chi connectivity index (χ2v) is 3.21. The fourth-order valence-electron chi connectivity index (χ4n) is 1.13. The molecule has 100 valence electrons. The largest absolute Gasteiger partial charge is 0.481 e. The van der Waals surface area contributed by atoms with Gasteiger partial charge in [0.05, 0.1) is 15.9 Å². The molecular formula is C9H6N2O8. The summed E-state index contributed by atoms with van der Waals surface area (Å²) in [6.45, 7) is 0. The van der Waals surface area contributed by atoms with Gasteiger partial charge in [-0.25, -0.2) is 0 Å². The lowest BCUT2D eigenvalue weighted by Gasteiger charge is -2.03. The maximum Gasteiger partial charge on any atom is 0.322 e. The van der Waals surface area contributed by atoms with Crippen molar-refractivity contribution in [3.8, 4) is 5.75 Å². The third-order valence-electron chi connectivity index (χ3n) is 1.87. The molecule has 0 aliphatic rings. The van der Waals surface area contributed by atoms with E-state index in [0.717, 1.165) is 12.1 Å². The van der Waals surface area contributed by atoms with Crippen molar-refractivity contribution in [1.29, 1.82) is 0 Å². The average molecular weight is 270 g/mol. The fourth-order valence-corrected chi connectivity index (χ4v) is 1.13. The Bertz CT molecular complexity index is 567. The molecule has 0 aromatic heterocycles. The minimum absolute atomic E-state index is 0.551. The van der Waals surface area contributed by atoms with Gasteiger partial charge in [0.15, 0.2) is 0 Å². The van der Waals surface area contributed by atoms with Crippen molar-refractivity contribution < 1.29 is 29.3 Å². The Morgan fingerprint density at radius 2 is 1.84 bits per heavy atom. The summed E-state index contributed by atoms with van der Waals surface area (Å²) in [5.74, 6) is -3.24. The maximum absolute atomic E-state index is 11.1. The smallest absolute Gasteiger partial charge is 0.322 e. The molecule has 0 saturated heterocycles. The molecule has 1 N–H and O–H groups in total. The van der Waals surface area contributed by atoms with Gasteiger partial charge in [0.1, 0.15) is 6.42 Å². The number of hydrogen-bond donors (Lipinski definition) is 1. The number of rotatable bonds is 5. The highest BCUT2D eigenvalue weighted by Crippen LogP contribution is 2.31. The third-order valence-corrected chi connectivity index (χ3v) is 1.87. The Morgan fingerprint density at radius 1 is 1.21 bits per heavy atom. The van der Waals surface area contributed by atoms with Crippen LogP contribution >= 0.6 is 0 Å². The standard InChI is InChI=1S/C9H6N2O8/c12-8(13)4-9(14)19-7-2-1-5(10(15)16)3-6(7)11(17)18/h1-3H,4H2,(H,12,13). The van der Waals surface area contributed by atoms with E-state index in [-0.39, 0.29) is 0 Å². The van der Waals surface area contributed by atoms with Gasteiger partial charge in [0.2, 0.25) is 5.75 Å². The number of esters is 1. The minimum Gasteiger partial charge on any atom is -0.481 e. The molecule has 1 aromatic rings. The second kappa shape index (κ2) is 5.53. The zero-order valence-electron chi connectivity index (χ0n) is 9.14. The molecule has 1 aromatic carbocycles. The number of benzene rings is 1. The topological polar surface area (TPSA) is 150 Å². The molecular weight excluding hydrogens is 264 g/mol. The van der Waals surface area contributed by atoms with Gasteiger partial charge in [-0.05, 0) is 6.07 Å². The van der Waals surface area contributed by atoms with Crippen molar-refractivity contribution in [2.45, 2.75) is 6.42 Å². The molecule has 10 nitrogen and oxygen atoms in total. The van der Waals surface area contributed by atoms with E-state index < -0.39 is 45.3 Å². The number of aliphatic carboxylic acids is 1. The molecule has 0 radical (unpaired) electrons. The van der Waals surface area contributed by atoms with Crippen molar-refractivity contribution in [3.05, 3.63) is 38.4 Å². The van der Waals surface area contributed by atoms with Gasteiger partial charge in [-0.1, -0.05) is 0 Å². The van der Waals surface area contributed by atoms with Crippen LogP contribution in [0.1, 0.15) is 6.42 Å². The third kappa shape index (κ3) is 3.73. The van der Waals surface area contributed by atoms with Crippen molar-refractivity contribution in [3.63, 3.8) is 0 Å². The second-order valence-electron chi connectivity index (χ2n) is 3.21. The highest BCUT2D eigenvalue weighted by atomic mass is 16.6. The summed E-state index contributed by atoms with van der Waals surface area (Å²) >= 11 is 0. The summed E-state index contributed by atoms with van der Waals surface area (Å²) in [6.07, 6.45) is -0.978. The van der Waals surface area contributed by atoms with E-state index in [0.29, 0.717) is 6.07 Å². The fraction of sp³-hybridized carbons (Fsp3) is 0.111. The molecule has 0 aliphatic heterocycles. The minimum atomic E-state index is -1.46. The molecule has 0 saturated carbocycles. The Morgan fingerprint density at radius 3 is 2.32 bits per heavy atom. The molecule has 0 heterocycles. The van der Waals surface area contributed by atoms with Crippen LogP contribution in [-0.2, 0) is 9.59 Å². The van der Waals surface area contributed by atoms with Crippen molar-refractivity contribution in [2.24, 2.45) is 0 Å². The van der Waals surface area contributed by atoms with Crippen LogP contribution in [-0.4, -0.2) is 26.9 Å². The number of ether oxygens (including phenoxy) is 1. The molecule has 0 spiro atoms. The molecule has 0 atom stereocenters. The maximum atomic E-state index is 11.1. The van der Waals surface area contributed by atoms with E-state index in [2.05, 4.69) is 4.74 Å². The number of carboxylic acids is 1. The van der Waals surface area contributed by atoms with Gasteiger partial charge in [0, 0.05) is 6.07 Å². The molecule has 0 unspecified atom stereocenters. The highest BCUT2D eigenvalue weighted by molar-refractivity contribution is 5.91. The van der Waals surface area contributed by atoms with Crippen LogP contribution in [0.25, 0.3) is 0 Å². The summed E-state index contributed by atoms with van der Waals surface area (Å²) in [5.41, 5.74) is -1.35. The zero-order valence-corrected chi connectivity index (χ0v) is 9.14. The van der Waals surface area contributed by atoms with E-state index in [1.165, 1.54) is 0 Å². The summed E-state index contributed by atoms with van der Waals surface area (Å²) in [5, 5.41) is 29.5. The van der Waals surface area contributed by atoms with Gasteiger partial charge >= 0.3 is 17.6 Å². The van der Waals surface area contributed by atoms with Gasteiger partial charge in [-0.3, -0.25) is 29.8 Å². The Hall–Kier alpha value is -3.04. The number of nitrogens with zero attached hydrogens (tertiary/aromatic N) is 2. The first kappa shape index (κ1) is 14.0. The first-order valence-corrected chi connectivity index (χ1v) is 4.66. The van der Waals surface area contributed by atoms with Crippen LogP contribution in [0.15, 0.2) is 18.2 Å². The van der Waals surface area contributed by atoms with Crippen LogP contribution in [0.2, 0.25) is 0 Å². The molecule has 1 rings (SSSR count). The highest BCUT2D eigenvalue weighted by Gasteiger charge is 2.23. The first-order valence-electron chi connectivity index (χ1n) is 4.66. The van der Waals surface area contributed by atoms with E-state index in [4.69, 9.17) is 5.11 Å². The summed E-state index contributed by atoms with van der Waals surface area (Å²) in [6, 6.07) is 2.37. The van der Waals surface area contributed by atoms with Crippen molar-refractivity contribution >= 4 is 23.3 Å². The summed E-state index contributed by atoms with van der Waals surface area (Å²) < 4.78 is 4.47. The van der Waals surface area contributed by atoms with E-state index in [1.807, 2.05) is 0 Å². The van der Waals surface area contributed by atoms with Crippen LogP contribution in [0, 0.1) is 20.2 Å². The lowest BCUT2D eigenvalue weighted by atomic mass is 10.2. The van der Waals surface area contributed by atoms with Crippen molar-refractivity contribution in [2.75, 3.05) is 0 Å². The number of nitro groups is 2. The number of carboxylic acid groups (broad SMARTS) is 1. The van der Waals surface area contributed by atoms with E-state index in [9.17, 15) is 29.8 Å². The number of hydrogen-bond acceptors (Lipinski definition) is 7. The zero-order chi connectivity index (χ0) is 14.6. The summed E-state index contributed by atoms with van der Waals surface area (Å²) in [7, 11) is 0. The van der Waals surface area contributed by atoms with Crippen LogP contribution in [0.3, 0.4) is 0 Å². The Kier molecular flexibility index (Phi) is 4.08. The van der Waals surface area contributed by atoms with Gasteiger partial charge < -0.3 is 9.84 Å². The van der Waals surface area contributed by atoms with E-state index in [1.54, 1.807) is 0 Å². The van der Waals surface area contributed by atoms with E-state index >= 15 is 0 Å². The Balaban J connectivity index is 3.07. The molecule has 0 fully saturated rings. The molecule has 10 heteroatoms. The molecule has 19 heavy (non-hydrogen) atoms. The molecule has 0 amide bonds. The average Bonchev–Trinajstić information content (AvgIpc) is 2.27. The first-order chi connectivity index (χ1) is 8.81. The van der Waals surface area contributed by atoms with Gasteiger partial charge in [-0.2, -0.15) is 0 Å². The van der Waals surface area contributed by atoms with Crippen molar-refractivity contribution in [1.82, 2.24) is 0 Å². The SMILES string of the molecule is O=C(O)CC(=O)Oc1ccc([N+](=O)[O-])cc1[N+](=O)[O-]. The predicted molar refractivity (Wildman–Crippen MR) is 57.6 cm³/mol. The molecule has 0 aliphatic carbocycles. The number of nitro benzene ring substituents is 2. The van der Waals surface area contributed by atoms with Gasteiger partial charge in [0.25, 0.3) is 5.69 Å². The lowest BCUT2D eigenvalue weighted by molar-refractivity contribution is -0.394. The quantitative estimate of drug-likeness (QED) is 0.272. The number of non-ortho nitro benzene ring substituents is 1. The number of carbonyl (C=O) groups is 2.